The van der Waals surface area contributed by atoms with E-state index in [1.165, 1.54) is 0 Å². The average molecular weight is 379 g/mol. The molecule has 7 nitrogen and oxygen atoms in total. The van der Waals surface area contributed by atoms with Gasteiger partial charge in [-0.2, -0.15) is 13.2 Å². The molecule has 26 heavy (non-hydrogen) atoms. The number of carbonyl (C=O) groups is 2. The van der Waals surface area contributed by atoms with Crippen LogP contribution in [-0.2, 0) is 14.3 Å². The maximum atomic E-state index is 12.6. The number of amidine groups is 1. The Labute approximate surface area is 149 Å². The molecule has 1 N–H and O–H groups in total. The molecule has 1 spiro atoms. The fourth-order valence-corrected chi connectivity index (χ4v) is 4.04. The van der Waals surface area contributed by atoms with E-state index in [1.54, 1.807) is 12.0 Å². The zero-order valence-corrected chi connectivity index (χ0v) is 15.0. The molecule has 3 aliphatic rings. The Hall–Kier alpha value is -1.68. The van der Waals surface area contributed by atoms with Gasteiger partial charge in [0.05, 0.1) is 6.61 Å². The second kappa shape index (κ2) is 7.51. The van der Waals surface area contributed by atoms with Crippen LogP contribution in [0.5, 0.6) is 0 Å². The van der Waals surface area contributed by atoms with Gasteiger partial charge in [0.25, 0.3) is 5.91 Å². The van der Waals surface area contributed by atoms with Gasteiger partial charge in [-0.25, -0.2) is 4.79 Å². The van der Waals surface area contributed by atoms with Crippen LogP contribution in [0.25, 0.3) is 0 Å². The number of carboxylic acids is 1. The number of ether oxygens (including phenoxy) is 1. The smallest absolute Gasteiger partial charge is 0.475 e. The molecule has 1 aliphatic carbocycles. The molecule has 0 aromatic heterocycles. The van der Waals surface area contributed by atoms with E-state index >= 15 is 0 Å². The topological polar surface area (TPSA) is 82.4 Å². The standard InChI is InChI=1S/C14H23N3O2.C2HF3O2/c1-10-15-14(13(18)16(10)2)5-4-11-8-17(6-7-19-3)9-12(11)14;3-2(4,5)1(6)7/h11-12H,4-9H2,1-3H3;(H,6,7)/t11-,12+,14-;/m1./s1. The first-order valence-electron chi connectivity index (χ1n) is 8.39. The quantitative estimate of drug-likeness (QED) is 0.798. The van der Waals surface area contributed by atoms with Crippen LogP contribution in [0.3, 0.4) is 0 Å². The summed E-state index contributed by atoms with van der Waals surface area (Å²) >= 11 is 0. The molecule has 2 fully saturated rings. The molecule has 1 amide bonds. The number of hydrogen-bond acceptors (Lipinski definition) is 5. The normalized spacial score (nSPS) is 31.1. The summed E-state index contributed by atoms with van der Waals surface area (Å²) in [5.74, 6) is -0.639. The highest BCUT2D eigenvalue weighted by Gasteiger charge is 2.59. The predicted octanol–water partition coefficient (Wildman–Crippen LogP) is 1.24. The number of likely N-dealkylation sites (tertiary alicyclic amines) is 1. The summed E-state index contributed by atoms with van der Waals surface area (Å²) in [6.07, 6.45) is -3.02. The number of amides is 1. The van der Waals surface area contributed by atoms with Crippen LogP contribution in [0.2, 0.25) is 0 Å². The third-order valence-corrected chi connectivity index (χ3v) is 5.40. The summed E-state index contributed by atoms with van der Waals surface area (Å²) in [7, 11) is 3.59. The first-order valence-corrected chi connectivity index (χ1v) is 8.39. The Balaban J connectivity index is 0.000000298. The van der Waals surface area contributed by atoms with Crippen LogP contribution >= 0.6 is 0 Å². The third-order valence-electron chi connectivity index (χ3n) is 5.40. The van der Waals surface area contributed by atoms with Crippen LogP contribution in [0, 0.1) is 11.8 Å². The van der Waals surface area contributed by atoms with Crippen molar-refractivity contribution in [1.29, 1.82) is 0 Å². The number of carbonyl (C=O) groups excluding carboxylic acids is 1. The first kappa shape index (κ1) is 20.6. The van der Waals surface area contributed by atoms with Crippen molar-refractivity contribution in [2.75, 3.05) is 40.4 Å². The van der Waals surface area contributed by atoms with Gasteiger partial charge < -0.3 is 19.6 Å². The highest BCUT2D eigenvalue weighted by Crippen LogP contribution is 2.49. The molecule has 0 radical (unpaired) electrons. The molecule has 1 saturated carbocycles. The summed E-state index contributed by atoms with van der Waals surface area (Å²) in [4.78, 5) is 30.4. The van der Waals surface area contributed by atoms with Crippen molar-refractivity contribution in [3.8, 4) is 0 Å². The first-order chi connectivity index (χ1) is 12.0. The number of likely N-dealkylation sites (N-methyl/N-ethyl adjacent to an activating group) is 1. The molecule has 148 valence electrons. The van der Waals surface area contributed by atoms with Gasteiger partial charge in [-0.3, -0.25) is 9.79 Å². The molecule has 0 unspecified atom stereocenters. The number of fused-ring (bicyclic) bond motifs is 2. The van der Waals surface area contributed by atoms with Crippen LogP contribution in [0.4, 0.5) is 13.2 Å². The summed E-state index contributed by atoms with van der Waals surface area (Å²) in [6.45, 7) is 5.76. The van der Waals surface area contributed by atoms with Crippen LogP contribution in [0.1, 0.15) is 19.8 Å². The van der Waals surface area contributed by atoms with Gasteiger partial charge in [-0.15, -0.1) is 0 Å². The van der Waals surface area contributed by atoms with Gasteiger partial charge >= 0.3 is 12.1 Å². The largest absolute Gasteiger partial charge is 0.490 e. The van der Waals surface area contributed by atoms with Gasteiger partial charge in [0.1, 0.15) is 11.4 Å². The van der Waals surface area contributed by atoms with Gasteiger partial charge in [0.15, 0.2) is 0 Å². The fraction of sp³-hybridized carbons (Fsp3) is 0.812. The molecular formula is C16H24F3N3O4. The minimum absolute atomic E-state index is 0.214. The summed E-state index contributed by atoms with van der Waals surface area (Å²) in [5.41, 5.74) is -0.439. The number of methoxy groups -OCH3 is 1. The van der Waals surface area contributed by atoms with Gasteiger partial charge in [-0.1, -0.05) is 0 Å². The monoisotopic (exact) mass is 379 g/mol. The van der Waals surface area contributed by atoms with Gasteiger partial charge in [0, 0.05) is 39.7 Å². The van der Waals surface area contributed by atoms with E-state index in [0.29, 0.717) is 11.8 Å². The number of aliphatic carboxylic acids is 1. The number of rotatable bonds is 3. The molecule has 0 aromatic carbocycles. The van der Waals surface area contributed by atoms with E-state index in [1.807, 2.05) is 14.0 Å². The minimum atomic E-state index is -5.08. The lowest BCUT2D eigenvalue weighted by atomic mass is 9.85. The minimum Gasteiger partial charge on any atom is -0.475 e. The molecule has 2 heterocycles. The zero-order chi connectivity index (χ0) is 19.7. The summed E-state index contributed by atoms with van der Waals surface area (Å²) in [6, 6.07) is 0. The maximum Gasteiger partial charge on any atom is 0.490 e. The maximum absolute atomic E-state index is 12.6. The molecule has 3 rings (SSSR count). The van der Waals surface area contributed by atoms with Crippen LogP contribution < -0.4 is 0 Å². The highest BCUT2D eigenvalue weighted by atomic mass is 19.4. The summed E-state index contributed by atoms with van der Waals surface area (Å²) < 4.78 is 36.9. The molecular weight excluding hydrogens is 355 g/mol. The molecule has 1 saturated heterocycles. The SMILES string of the molecule is COCCN1C[C@H]2CC[C@@]3(N=C(C)N(C)C3=O)[C@H]2C1.O=C(O)C(F)(F)F. The second-order valence-electron chi connectivity index (χ2n) is 6.91. The van der Waals surface area contributed by atoms with Gasteiger partial charge in [0.2, 0.25) is 0 Å². The molecule has 10 heteroatoms. The fourth-order valence-electron chi connectivity index (χ4n) is 4.04. The van der Waals surface area contributed by atoms with Crippen LogP contribution in [-0.4, -0.2) is 84.7 Å². The lowest BCUT2D eigenvalue weighted by molar-refractivity contribution is -0.192. The van der Waals surface area contributed by atoms with Gasteiger partial charge in [-0.05, 0) is 25.7 Å². The molecule has 0 bridgehead atoms. The number of nitrogens with zero attached hydrogens (tertiary/aromatic N) is 3. The van der Waals surface area contributed by atoms with Crippen molar-refractivity contribution >= 4 is 17.7 Å². The Kier molecular flexibility index (Phi) is 5.96. The number of hydrogen-bond donors (Lipinski definition) is 1. The van der Waals surface area contributed by atoms with Crippen molar-refractivity contribution < 1.29 is 32.6 Å². The van der Waals surface area contributed by atoms with E-state index in [9.17, 15) is 18.0 Å². The Bertz CT molecular complexity index is 596. The second-order valence-corrected chi connectivity index (χ2v) is 6.91. The van der Waals surface area contributed by atoms with Crippen molar-refractivity contribution in [3.05, 3.63) is 0 Å². The van der Waals surface area contributed by atoms with E-state index in [2.05, 4.69) is 4.90 Å². The van der Waals surface area contributed by atoms with E-state index in [4.69, 9.17) is 19.6 Å². The Morgan fingerprint density at radius 1 is 1.42 bits per heavy atom. The number of halogens is 3. The lowest BCUT2D eigenvalue weighted by Gasteiger charge is -2.27. The Morgan fingerprint density at radius 3 is 2.50 bits per heavy atom. The van der Waals surface area contributed by atoms with Crippen molar-refractivity contribution in [2.45, 2.75) is 31.5 Å². The lowest BCUT2D eigenvalue weighted by Crippen LogP contribution is -2.45. The van der Waals surface area contributed by atoms with Crippen molar-refractivity contribution in [1.82, 2.24) is 9.80 Å². The Morgan fingerprint density at radius 2 is 2.04 bits per heavy atom. The van der Waals surface area contributed by atoms with Crippen LogP contribution in [0.15, 0.2) is 4.99 Å². The van der Waals surface area contributed by atoms with E-state index in [0.717, 1.165) is 44.9 Å². The predicted molar refractivity (Wildman–Crippen MR) is 86.8 cm³/mol. The third kappa shape index (κ3) is 3.85. The average Bonchev–Trinajstić information content (AvgIpc) is 3.17. The van der Waals surface area contributed by atoms with E-state index < -0.39 is 17.7 Å². The molecule has 0 aromatic rings. The summed E-state index contributed by atoms with van der Waals surface area (Å²) in [5, 5.41) is 7.12. The number of aliphatic imine (C=N–C) groups is 1. The van der Waals surface area contributed by atoms with Crippen molar-refractivity contribution in [2.24, 2.45) is 16.8 Å². The molecule has 2 aliphatic heterocycles. The number of alkyl halides is 3. The van der Waals surface area contributed by atoms with E-state index in [-0.39, 0.29) is 5.91 Å². The molecule has 3 atom stereocenters. The van der Waals surface area contributed by atoms with Crippen molar-refractivity contribution in [3.63, 3.8) is 0 Å². The number of carboxylic acid groups (broad SMARTS) is 1. The zero-order valence-electron chi connectivity index (χ0n) is 15.0. The highest BCUT2D eigenvalue weighted by molar-refractivity contribution is 6.07.